The summed E-state index contributed by atoms with van der Waals surface area (Å²) < 4.78 is 5.33. The lowest BCUT2D eigenvalue weighted by Crippen LogP contribution is -2.57. The van der Waals surface area contributed by atoms with Crippen molar-refractivity contribution in [1.82, 2.24) is 10.2 Å². The number of carbonyl (C=O) groups is 4. The Balaban J connectivity index is 1.58. The number of hydrogen-bond acceptors (Lipinski definition) is 6. The molecule has 0 saturated carbocycles. The van der Waals surface area contributed by atoms with Crippen molar-refractivity contribution in [2.24, 2.45) is 0 Å². The second-order valence-electron chi connectivity index (χ2n) is 11.1. The molecular formula is C35H41N3O6. The summed E-state index contributed by atoms with van der Waals surface area (Å²) in [5.41, 5.74) is 3.71. The average Bonchev–Trinajstić information content (AvgIpc) is 3.46. The van der Waals surface area contributed by atoms with Crippen LogP contribution in [0.25, 0.3) is 0 Å². The second kappa shape index (κ2) is 15.3. The van der Waals surface area contributed by atoms with Crippen LogP contribution in [0.15, 0.2) is 84.9 Å². The molecule has 0 bridgehead atoms. The summed E-state index contributed by atoms with van der Waals surface area (Å²) in [6, 6.07) is 23.3. The van der Waals surface area contributed by atoms with E-state index < -0.39 is 36.0 Å². The molecule has 0 radical (unpaired) electrons. The van der Waals surface area contributed by atoms with Gasteiger partial charge in [0.1, 0.15) is 18.6 Å². The van der Waals surface area contributed by atoms with Gasteiger partial charge in [0.25, 0.3) is 0 Å². The summed E-state index contributed by atoms with van der Waals surface area (Å²) in [5, 5.41) is 13.0. The number of hydrogen-bond donors (Lipinski definition) is 2. The molecule has 2 N–H and O–H groups in total. The summed E-state index contributed by atoms with van der Waals surface area (Å²) in [5.74, 6) is -2.45. The largest absolute Gasteiger partial charge is 0.480 e. The van der Waals surface area contributed by atoms with E-state index >= 15 is 0 Å². The van der Waals surface area contributed by atoms with Crippen molar-refractivity contribution in [2.45, 2.75) is 70.6 Å². The maximum atomic E-state index is 14.2. The van der Waals surface area contributed by atoms with Crippen molar-refractivity contribution < 1.29 is 29.0 Å². The molecule has 0 aromatic heterocycles. The molecule has 3 atom stereocenters. The van der Waals surface area contributed by atoms with Gasteiger partial charge in [-0.3, -0.25) is 24.6 Å². The van der Waals surface area contributed by atoms with Crippen LogP contribution in [0, 0.1) is 0 Å². The van der Waals surface area contributed by atoms with Gasteiger partial charge < -0.3 is 14.7 Å². The predicted molar refractivity (Wildman–Crippen MR) is 168 cm³/mol. The van der Waals surface area contributed by atoms with Gasteiger partial charge in [0.15, 0.2) is 0 Å². The SMILES string of the molecule is CCOC(=O)[C@H](CCc1ccccc1)N[C@@H](C)C(=O)N(CC(=O)N(c1ccccc1)[C@@H](C)C(=O)O)C1Cc2ccccc2C1. The first-order valence-electron chi connectivity index (χ1n) is 15.1. The van der Waals surface area contributed by atoms with Gasteiger partial charge in [-0.25, -0.2) is 4.79 Å². The van der Waals surface area contributed by atoms with Crippen molar-refractivity contribution in [3.63, 3.8) is 0 Å². The van der Waals surface area contributed by atoms with E-state index in [1.54, 1.807) is 49.1 Å². The quantitative estimate of drug-likeness (QED) is 0.269. The van der Waals surface area contributed by atoms with E-state index in [9.17, 15) is 24.3 Å². The number of para-hydroxylation sites is 1. The van der Waals surface area contributed by atoms with Crippen molar-refractivity contribution >= 4 is 29.4 Å². The monoisotopic (exact) mass is 599 g/mol. The summed E-state index contributed by atoms with van der Waals surface area (Å²) in [6.07, 6.45) is 2.16. The van der Waals surface area contributed by atoms with E-state index in [1.165, 1.54) is 11.8 Å². The summed E-state index contributed by atoms with van der Waals surface area (Å²) in [6.45, 7) is 4.77. The first-order chi connectivity index (χ1) is 21.2. The van der Waals surface area contributed by atoms with Crippen molar-refractivity contribution in [2.75, 3.05) is 18.1 Å². The van der Waals surface area contributed by atoms with Crippen LogP contribution in [0.1, 0.15) is 43.9 Å². The number of aliphatic carboxylic acids is 1. The molecule has 9 heteroatoms. The van der Waals surface area contributed by atoms with Crippen LogP contribution in [-0.4, -0.2) is 71.1 Å². The number of rotatable bonds is 14. The average molecular weight is 600 g/mol. The van der Waals surface area contributed by atoms with Crippen molar-refractivity contribution in [3.05, 3.63) is 102 Å². The molecule has 0 aliphatic heterocycles. The Labute approximate surface area is 258 Å². The smallest absolute Gasteiger partial charge is 0.326 e. The number of fused-ring (bicyclic) bond motifs is 1. The Morgan fingerprint density at radius 1 is 0.886 bits per heavy atom. The fourth-order valence-electron chi connectivity index (χ4n) is 5.74. The van der Waals surface area contributed by atoms with Crippen molar-refractivity contribution in [1.29, 1.82) is 0 Å². The number of nitrogens with one attached hydrogen (secondary N) is 1. The van der Waals surface area contributed by atoms with Gasteiger partial charge in [-0.1, -0.05) is 72.8 Å². The van der Waals surface area contributed by atoms with Crippen LogP contribution in [0.5, 0.6) is 0 Å². The van der Waals surface area contributed by atoms with E-state index in [0.717, 1.165) is 16.7 Å². The molecule has 232 valence electrons. The number of carboxylic acids is 1. The minimum Gasteiger partial charge on any atom is -0.480 e. The predicted octanol–water partition coefficient (Wildman–Crippen LogP) is 4.03. The molecule has 44 heavy (non-hydrogen) atoms. The number of nitrogens with zero attached hydrogens (tertiary/aromatic N) is 2. The number of amides is 2. The molecule has 1 aliphatic rings. The van der Waals surface area contributed by atoms with Gasteiger partial charge >= 0.3 is 11.9 Å². The summed E-state index contributed by atoms with van der Waals surface area (Å²) in [4.78, 5) is 55.8. The Kier molecular flexibility index (Phi) is 11.3. The number of benzene rings is 3. The highest BCUT2D eigenvalue weighted by molar-refractivity contribution is 6.01. The Bertz CT molecular complexity index is 1410. The maximum Gasteiger partial charge on any atom is 0.326 e. The number of anilines is 1. The Hall–Kier alpha value is -4.50. The third-order valence-electron chi connectivity index (χ3n) is 8.06. The number of ether oxygens (including phenoxy) is 1. The molecule has 0 fully saturated rings. The molecule has 3 aromatic carbocycles. The third kappa shape index (κ3) is 8.11. The van der Waals surface area contributed by atoms with Crippen LogP contribution in [0.2, 0.25) is 0 Å². The van der Waals surface area contributed by atoms with Gasteiger partial charge in [-0.15, -0.1) is 0 Å². The molecule has 0 heterocycles. The Morgan fingerprint density at radius 3 is 2.02 bits per heavy atom. The minimum atomic E-state index is -1.15. The number of esters is 1. The van der Waals surface area contributed by atoms with Crippen LogP contribution in [0.3, 0.4) is 0 Å². The first kappa shape index (κ1) is 32.4. The van der Waals surface area contributed by atoms with Gasteiger partial charge in [-0.2, -0.15) is 0 Å². The van der Waals surface area contributed by atoms with E-state index in [4.69, 9.17) is 4.74 Å². The number of aryl methyl sites for hydroxylation is 1. The summed E-state index contributed by atoms with van der Waals surface area (Å²) in [7, 11) is 0. The third-order valence-corrected chi connectivity index (χ3v) is 8.06. The maximum absolute atomic E-state index is 14.2. The van der Waals surface area contributed by atoms with Gasteiger partial charge in [0.05, 0.1) is 12.6 Å². The van der Waals surface area contributed by atoms with Crippen molar-refractivity contribution in [3.8, 4) is 0 Å². The zero-order valence-electron chi connectivity index (χ0n) is 25.5. The summed E-state index contributed by atoms with van der Waals surface area (Å²) >= 11 is 0. The molecule has 1 aliphatic carbocycles. The molecule has 2 amide bonds. The molecule has 4 rings (SSSR count). The van der Waals surface area contributed by atoms with Gasteiger partial charge in [0.2, 0.25) is 11.8 Å². The zero-order chi connectivity index (χ0) is 31.6. The highest BCUT2D eigenvalue weighted by atomic mass is 16.5. The van der Waals surface area contributed by atoms with Gasteiger partial charge in [-0.05, 0) is 75.3 Å². The standard InChI is InChI=1S/C35H41N3O6/c1-4-44-35(43)31(20-19-26-13-7-5-8-14-26)36-24(2)33(40)37(30-21-27-15-11-12-16-28(27)22-30)23-32(39)38(25(3)34(41)42)29-17-9-6-10-18-29/h5-18,24-25,30-31,36H,4,19-23H2,1-3H3,(H,41,42)/t24-,25-,31-/m0/s1. The number of carbonyl (C=O) groups excluding carboxylic acids is 3. The normalized spacial score (nSPS) is 14.6. The molecule has 0 unspecified atom stereocenters. The molecular weight excluding hydrogens is 558 g/mol. The van der Waals surface area contributed by atoms with Gasteiger partial charge in [0, 0.05) is 11.7 Å². The topological polar surface area (TPSA) is 116 Å². The molecule has 3 aromatic rings. The highest BCUT2D eigenvalue weighted by Crippen LogP contribution is 2.27. The molecule has 9 nitrogen and oxygen atoms in total. The van der Waals surface area contributed by atoms with Crippen LogP contribution in [0.4, 0.5) is 5.69 Å². The van der Waals surface area contributed by atoms with E-state index in [-0.39, 0.29) is 25.1 Å². The van der Waals surface area contributed by atoms with E-state index in [0.29, 0.717) is 31.4 Å². The molecule has 0 saturated heterocycles. The lowest BCUT2D eigenvalue weighted by Gasteiger charge is -2.35. The second-order valence-corrected chi connectivity index (χ2v) is 11.1. The van der Waals surface area contributed by atoms with Crippen LogP contribution >= 0.6 is 0 Å². The fraction of sp³-hybridized carbons (Fsp3) is 0.371. The lowest BCUT2D eigenvalue weighted by molar-refractivity contribution is -0.147. The molecule has 0 spiro atoms. The zero-order valence-corrected chi connectivity index (χ0v) is 25.5. The van der Waals surface area contributed by atoms with E-state index in [1.807, 2.05) is 54.6 Å². The minimum absolute atomic E-state index is 0.211. The first-order valence-corrected chi connectivity index (χ1v) is 15.1. The Morgan fingerprint density at radius 2 is 1.45 bits per heavy atom. The van der Waals surface area contributed by atoms with E-state index in [2.05, 4.69) is 5.32 Å². The van der Waals surface area contributed by atoms with Crippen LogP contribution < -0.4 is 10.2 Å². The van der Waals surface area contributed by atoms with Crippen LogP contribution in [-0.2, 0) is 43.2 Å². The lowest BCUT2D eigenvalue weighted by atomic mass is 10.0. The fourth-order valence-corrected chi connectivity index (χ4v) is 5.74. The number of carboxylic acid groups (broad SMARTS) is 1. The highest BCUT2D eigenvalue weighted by Gasteiger charge is 2.37.